The number of carbonyl (C=O) groups excluding carboxylic acids is 2. The van der Waals surface area contributed by atoms with Crippen LogP contribution in [0, 0.1) is 5.92 Å². The number of allylic oxidation sites excluding steroid dienone is 1. The minimum Gasteiger partial charge on any atom is -0.454 e. The van der Waals surface area contributed by atoms with E-state index in [0.717, 1.165) is 0 Å². The third-order valence-electron chi connectivity index (χ3n) is 2.01. The van der Waals surface area contributed by atoms with Crippen molar-refractivity contribution in [3.05, 3.63) is 24.8 Å². The van der Waals surface area contributed by atoms with Crippen LogP contribution in [0.25, 0.3) is 0 Å². The van der Waals surface area contributed by atoms with Crippen LogP contribution in [-0.4, -0.2) is 17.9 Å². The van der Waals surface area contributed by atoms with Gasteiger partial charge in [0.2, 0.25) is 0 Å². The minimum atomic E-state index is -0.748. The highest BCUT2D eigenvalue weighted by Crippen LogP contribution is 2.09. The second-order valence-electron chi connectivity index (χ2n) is 3.65. The van der Waals surface area contributed by atoms with Crippen LogP contribution >= 0.6 is 0 Å². The predicted molar refractivity (Wildman–Crippen MR) is 59.4 cm³/mol. The van der Waals surface area contributed by atoms with Gasteiger partial charge in [-0.3, -0.25) is 9.59 Å². The third-order valence-corrected chi connectivity index (χ3v) is 2.01. The lowest BCUT2D eigenvalue weighted by atomic mass is 10.1. The first-order valence-electron chi connectivity index (χ1n) is 4.91. The minimum absolute atomic E-state index is 0.242. The maximum absolute atomic E-state index is 11.4. The topological polar surface area (TPSA) is 43.4 Å². The van der Waals surface area contributed by atoms with Crippen molar-refractivity contribution in [2.24, 2.45) is 5.92 Å². The van der Waals surface area contributed by atoms with Gasteiger partial charge in [0, 0.05) is 0 Å². The van der Waals surface area contributed by atoms with Crippen LogP contribution in [-0.2, 0) is 14.3 Å². The summed E-state index contributed by atoms with van der Waals surface area (Å²) in [5, 5.41) is 0. The van der Waals surface area contributed by atoms with Gasteiger partial charge in [0.05, 0.1) is 5.92 Å². The molecular weight excluding hydrogens is 192 g/mol. The highest BCUT2D eigenvalue weighted by Gasteiger charge is 2.21. The van der Waals surface area contributed by atoms with E-state index in [1.54, 1.807) is 26.8 Å². The number of Topliss-reactive ketones (excluding diaryl/α,β-unsaturated/α-hetero) is 1. The molecule has 3 nitrogen and oxygen atoms in total. The highest BCUT2D eigenvalue weighted by atomic mass is 16.5. The molecule has 15 heavy (non-hydrogen) atoms. The van der Waals surface area contributed by atoms with Gasteiger partial charge in [0.25, 0.3) is 0 Å². The summed E-state index contributed by atoms with van der Waals surface area (Å²) in [7, 11) is 0. The van der Waals surface area contributed by atoms with Crippen molar-refractivity contribution >= 4 is 11.8 Å². The Balaban J connectivity index is 4.23. The summed E-state index contributed by atoms with van der Waals surface area (Å²) in [5.41, 5.74) is 0.395. The molecule has 0 rings (SSSR count). The molecule has 0 bridgehead atoms. The van der Waals surface area contributed by atoms with Crippen molar-refractivity contribution < 1.29 is 14.3 Å². The second kappa shape index (κ2) is 6.17. The van der Waals surface area contributed by atoms with Crippen LogP contribution in [0.2, 0.25) is 0 Å². The molecule has 0 N–H and O–H groups in total. The summed E-state index contributed by atoms with van der Waals surface area (Å²) in [6.07, 6.45) is 1.45. The lowest BCUT2D eigenvalue weighted by Gasteiger charge is -2.14. The van der Waals surface area contributed by atoms with Gasteiger partial charge in [-0.25, -0.2) is 0 Å². The average Bonchev–Trinajstić information content (AvgIpc) is 2.16. The fourth-order valence-corrected chi connectivity index (χ4v) is 1.04. The summed E-state index contributed by atoms with van der Waals surface area (Å²) >= 11 is 0. The maximum Gasteiger partial charge on any atom is 0.309 e. The Hall–Kier alpha value is -1.38. The van der Waals surface area contributed by atoms with Gasteiger partial charge in [0.1, 0.15) is 0 Å². The van der Waals surface area contributed by atoms with E-state index in [2.05, 4.69) is 13.2 Å². The van der Waals surface area contributed by atoms with E-state index in [9.17, 15) is 9.59 Å². The zero-order chi connectivity index (χ0) is 12.0. The fourth-order valence-electron chi connectivity index (χ4n) is 1.04. The first-order chi connectivity index (χ1) is 6.90. The Bertz CT molecular complexity index is 279. The zero-order valence-electron chi connectivity index (χ0n) is 9.58. The van der Waals surface area contributed by atoms with Crippen LogP contribution in [0.4, 0.5) is 0 Å². The van der Waals surface area contributed by atoms with Gasteiger partial charge in [0.15, 0.2) is 11.9 Å². The normalized spacial score (nSPS) is 13.8. The molecule has 0 aliphatic rings. The highest BCUT2D eigenvalue weighted by molar-refractivity contribution is 5.98. The molecule has 0 fully saturated rings. The van der Waals surface area contributed by atoms with E-state index in [-0.39, 0.29) is 17.7 Å². The number of rotatable bonds is 6. The lowest BCUT2D eigenvalue weighted by molar-refractivity contribution is -0.156. The van der Waals surface area contributed by atoms with Crippen molar-refractivity contribution in [1.29, 1.82) is 0 Å². The van der Waals surface area contributed by atoms with Crippen LogP contribution in [0.3, 0.4) is 0 Å². The molecule has 84 valence electrons. The van der Waals surface area contributed by atoms with E-state index in [1.165, 1.54) is 0 Å². The lowest BCUT2D eigenvalue weighted by Crippen LogP contribution is -2.27. The van der Waals surface area contributed by atoms with Crippen molar-refractivity contribution in [2.45, 2.75) is 33.3 Å². The Morgan fingerprint density at radius 2 is 1.93 bits per heavy atom. The molecular formula is C12H18O3. The molecule has 2 unspecified atom stereocenters. The largest absolute Gasteiger partial charge is 0.454 e. The third kappa shape index (κ3) is 4.58. The van der Waals surface area contributed by atoms with E-state index in [1.807, 2.05) is 0 Å². The van der Waals surface area contributed by atoms with Crippen molar-refractivity contribution in [3.8, 4) is 0 Å². The number of ether oxygens (including phenoxy) is 1. The fraction of sp³-hybridized carbons (Fsp3) is 0.500. The quantitative estimate of drug-likeness (QED) is 0.384. The van der Waals surface area contributed by atoms with Crippen molar-refractivity contribution in [2.75, 3.05) is 0 Å². The van der Waals surface area contributed by atoms with Gasteiger partial charge in [-0.2, -0.15) is 0 Å². The van der Waals surface area contributed by atoms with Crippen LogP contribution in [0.5, 0.6) is 0 Å². The SMILES string of the molecule is C=CCC(C)C(=O)OC(C)C(=O)C(=C)C. The number of hydrogen-bond acceptors (Lipinski definition) is 3. The van der Waals surface area contributed by atoms with Crippen LogP contribution in [0.1, 0.15) is 27.2 Å². The van der Waals surface area contributed by atoms with Gasteiger partial charge in [-0.15, -0.1) is 6.58 Å². The second-order valence-corrected chi connectivity index (χ2v) is 3.65. The molecule has 0 saturated heterocycles. The Morgan fingerprint density at radius 1 is 1.40 bits per heavy atom. The number of hydrogen-bond donors (Lipinski definition) is 0. The maximum atomic E-state index is 11.4. The number of esters is 1. The van der Waals surface area contributed by atoms with E-state index in [0.29, 0.717) is 12.0 Å². The van der Waals surface area contributed by atoms with E-state index in [4.69, 9.17) is 4.74 Å². The summed E-state index contributed by atoms with van der Waals surface area (Å²) in [6, 6.07) is 0. The first kappa shape index (κ1) is 13.6. The summed E-state index contributed by atoms with van der Waals surface area (Å²) in [5.74, 6) is -0.881. The van der Waals surface area contributed by atoms with Gasteiger partial charge < -0.3 is 4.74 Å². The molecule has 0 radical (unpaired) electrons. The molecule has 0 aliphatic carbocycles. The number of ketones is 1. The molecule has 0 spiro atoms. The standard InChI is InChI=1S/C12H18O3/c1-6-7-9(4)12(14)15-10(5)11(13)8(2)3/h6,9-10H,1-2,7H2,3-5H3. The summed E-state index contributed by atoms with van der Waals surface area (Å²) in [6.45, 7) is 11.9. The van der Waals surface area contributed by atoms with Gasteiger partial charge in [-0.05, 0) is 25.8 Å². The van der Waals surface area contributed by atoms with E-state index < -0.39 is 6.10 Å². The van der Waals surface area contributed by atoms with Crippen molar-refractivity contribution in [1.82, 2.24) is 0 Å². The number of carbonyl (C=O) groups is 2. The Labute approximate surface area is 90.8 Å². The van der Waals surface area contributed by atoms with Crippen molar-refractivity contribution in [3.63, 3.8) is 0 Å². The molecule has 3 heteroatoms. The monoisotopic (exact) mass is 210 g/mol. The zero-order valence-corrected chi connectivity index (χ0v) is 9.58. The molecule has 0 aromatic rings. The first-order valence-corrected chi connectivity index (χ1v) is 4.91. The molecule has 0 amide bonds. The van der Waals surface area contributed by atoms with Crippen LogP contribution < -0.4 is 0 Å². The smallest absolute Gasteiger partial charge is 0.309 e. The van der Waals surface area contributed by atoms with E-state index >= 15 is 0 Å². The van der Waals surface area contributed by atoms with Gasteiger partial charge >= 0.3 is 5.97 Å². The molecule has 0 aliphatic heterocycles. The predicted octanol–water partition coefficient (Wildman–Crippen LogP) is 2.28. The molecule has 0 aromatic heterocycles. The Morgan fingerprint density at radius 3 is 2.33 bits per heavy atom. The van der Waals surface area contributed by atoms with Crippen LogP contribution in [0.15, 0.2) is 24.8 Å². The summed E-state index contributed by atoms with van der Waals surface area (Å²) < 4.78 is 4.99. The average molecular weight is 210 g/mol. The molecule has 0 saturated carbocycles. The summed E-state index contributed by atoms with van der Waals surface area (Å²) in [4.78, 5) is 22.8. The molecule has 0 heterocycles. The molecule has 0 aromatic carbocycles. The Kier molecular flexibility index (Phi) is 5.60. The van der Waals surface area contributed by atoms with Gasteiger partial charge in [-0.1, -0.05) is 19.6 Å². The molecule has 2 atom stereocenters.